The Morgan fingerprint density at radius 3 is 2.00 bits per heavy atom. The molecular weight excluding hydrogens is 138 g/mol. The molecule has 0 aromatic heterocycles. The molecule has 2 heteroatoms. The van der Waals surface area contributed by atoms with E-state index < -0.39 is 0 Å². The molecule has 0 unspecified atom stereocenters. The van der Waals surface area contributed by atoms with Crippen molar-refractivity contribution in [3.05, 3.63) is 12.2 Å². The van der Waals surface area contributed by atoms with E-state index in [1.165, 1.54) is 0 Å². The predicted octanol–water partition coefficient (Wildman–Crippen LogP) is 1.37. The van der Waals surface area contributed by atoms with Gasteiger partial charge in [0, 0.05) is 6.42 Å². The number of terminal acetylenes is 1. The normalized spacial score (nSPS) is 6.55. The quantitative estimate of drug-likeness (QED) is 0.494. The summed E-state index contributed by atoms with van der Waals surface area (Å²) in [5, 5.41) is 0. The van der Waals surface area contributed by atoms with Gasteiger partial charge in [0.15, 0.2) is 5.78 Å². The summed E-state index contributed by atoms with van der Waals surface area (Å²) in [7, 11) is 0. The van der Waals surface area contributed by atoms with E-state index in [0.717, 1.165) is 0 Å². The van der Waals surface area contributed by atoms with Crippen LogP contribution in [0, 0.1) is 12.8 Å². The lowest BCUT2D eigenvalue weighted by Crippen LogP contribution is -2.07. The fourth-order valence-corrected chi connectivity index (χ4v) is 0.344. The maximum absolute atomic E-state index is 10.6. The molecule has 0 aromatic rings. The molecule has 0 aromatic carbocycles. The third kappa shape index (κ3) is 12.2. The van der Waals surface area contributed by atoms with E-state index in [1.807, 2.05) is 0 Å². The highest BCUT2D eigenvalue weighted by Gasteiger charge is 1.97. The fourth-order valence-electron chi connectivity index (χ4n) is 0.344. The molecule has 0 atom stereocenters. The molecule has 0 bridgehead atoms. The van der Waals surface area contributed by atoms with Crippen LogP contribution in [0.25, 0.3) is 0 Å². The average Bonchev–Trinajstić information content (AvgIpc) is 1.93. The molecule has 2 nitrogen and oxygen atoms in total. The number of allylic oxidation sites excluding steroid dienone is 1. The van der Waals surface area contributed by atoms with E-state index in [-0.39, 0.29) is 13.2 Å². The van der Waals surface area contributed by atoms with Crippen molar-refractivity contribution < 1.29 is 4.79 Å². The van der Waals surface area contributed by atoms with Crippen molar-refractivity contribution in [2.75, 3.05) is 6.54 Å². The Hall–Kier alpha value is -1.07. The van der Waals surface area contributed by atoms with Crippen molar-refractivity contribution in [2.45, 2.75) is 20.8 Å². The van der Waals surface area contributed by atoms with Gasteiger partial charge in [0.2, 0.25) is 0 Å². The van der Waals surface area contributed by atoms with E-state index >= 15 is 0 Å². The maximum Gasteiger partial charge on any atom is 0.159 e. The topological polar surface area (TPSA) is 43.1 Å². The number of rotatable bonds is 3. The molecule has 0 radical (unpaired) electrons. The fraction of sp³-hybridized carbons (Fsp3) is 0.444. The minimum atomic E-state index is 0. The minimum absolute atomic E-state index is 0. The zero-order chi connectivity index (χ0) is 8.57. The molecule has 0 saturated carbocycles. The Bertz CT molecular complexity index is 136. The number of Topliss-reactive ketones (excluding diaryl/α,β-unsaturated/α-hetero) is 1. The second-order valence-electron chi connectivity index (χ2n) is 1.74. The third-order valence-corrected chi connectivity index (χ3v) is 0.847. The summed E-state index contributed by atoms with van der Waals surface area (Å²) in [5.74, 6) is 0.0625. The molecule has 0 fully saturated rings. The number of nitrogens with two attached hydrogens (primary N) is 1. The summed E-state index contributed by atoms with van der Waals surface area (Å²) in [4.78, 5) is 10.6. The van der Waals surface area contributed by atoms with Gasteiger partial charge in [-0.15, -0.1) is 12.8 Å². The van der Waals surface area contributed by atoms with E-state index in [2.05, 4.69) is 19.4 Å². The summed E-state index contributed by atoms with van der Waals surface area (Å²) < 4.78 is 0. The van der Waals surface area contributed by atoms with E-state index in [0.29, 0.717) is 18.5 Å². The summed E-state index contributed by atoms with van der Waals surface area (Å²) in [6, 6.07) is 0. The zero-order valence-electron chi connectivity index (χ0n) is 6.26. The first kappa shape index (κ1) is 16.5. The lowest BCUT2D eigenvalue weighted by molar-refractivity contribution is -0.115. The monoisotopic (exact) mass is 155 g/mol. The highest BCUT2D eigenvalue weighted by molar-refractivity contribution is 5.94. The van der Waals surface area contributed by atoms with Crippen LogP contribution in [0.3, 0.4) is 0 Å². The second kappa shape index (κ2) is 11.7. The minimum Gasteiger partial charge on any atom is -0.330 e. The number of carbonyl (C=O) groups is 1. The smallest absolute Gasteiger partial charge is 0.159 e. The van der Waals surface area contributed by atoms with Crippen molar-refractivity contribution in [1.29, 1.82) is 0 Å². The molecule has 11 heavy (non-hydrogen) atoms. The zero-order valence-corrected chi connectivity index (χ0v) is 6.26. The Kier molecular flexibility index (Phi) is 17.5. The van der Waals surface area contributed by atoms with Crippen LogP contribution in [0.4, 0.5) is 0 Å². The standard InChI is InChI=1S/C6H11NO.C2H2.CH4/c1-5(2)6(8)3-4-7;1-2;/h1,3-4,7H2,2H3;1-2H;1H4. The SMILES string of the molecule is C.C#C.C=C(C)C(=O)CCN. The predicted molar refractivity (Wildman–Crippen MR) is 50.1 cm³/mol. The van der Waals surface area contributed by atoms with Gasteiger partial charge in [-0.3, -0.25) is 4.79 Å². The first-order valence-electron chi connectivity index (χ1n) is 2.90. The van der Waals surface area contributed by atoms with E-state index in [1.54, 1.807) is 6.92 Å². The van der Waals surface area contributed by atoms with Crippen LogP contribution < -0.4 is 5.73 Å². The van der Waals surface area contributed by atoms with Crippen molar-refractivity contribution >= 4 is 5.78 Å². The van der Waals surface area contributed by atoms with Gasteiger partial charge in [-0.1, -0.05) is 14.0 Å². The van der Waals surface area contributed by atoms with Crippen LogP contribution >= 0.6 is 0 Å². The number of carbonyl (C=O) groups excluding carboxylic acids is 1. The molecule has 0 aliphatic carbocycles. The number of ketones is 1. The molecule has 0 aliphatic rings. The van der Waals surface area contributed by atoms with Gasteiger partial charge in [0.25, 0.3) is 0 Å². The summed E-state index contributed by atoms with van der Waals surface area (Å²) in [6.07, 6.45) is 8.43. The molecule has 2 N–H and O–H groups in total. The molecule has 64 valence electrons. The molecular formula is C9H17NO. The highest BCUT2D eigenvalue weighted by Crippen LogP contribution is 1.91. The second-order valence-corrected chi connectivity index (χ2v) is 1.74. The summed E-state index contributed by atoms with van der Waals surface area (Å²) >= 11 is 0. The van der Waals surface area contributed by atoms with Crippen LogP contribution in [0.1, 0.15) is 20.8 Å². The Morgan fingerprint density at radius 2 is 1.91 bits per heavy atom. The summed E-state index contributed by atoms with van der Waals surface area (Å²) in [5.41, 5.74) is 5.70. The van der Waals surface area contributed by atoms with Gasteiger partial charge in [0.1, 0.15) is 0 Å². The molecule has 0 heterocycles. The van der Waals surface area contributed by atoms with Gasteiger partial charge in [-0.25, -0.2) is 0 Å². The van der Waals surface area contributed by atoms with Crippen LogP contribution in [0.15, 0.2) is 12.2 Å². The van der Waals surface area contributed by atoms with Crippen LogP contribution in [0.2, 0.25) is 0 Å². The Morgan fingerprint density at radius 1 is 1.55 bits per heavy atom. The van der Waals surface area contributed by atoms with Crippen molar-refractivity contribution in [2.24, 2.45) is 5.73 Å². The lowest BCUT2D eigenvalue weighted by Gasteiger charge is -1.92. The molecule has 0 rings (SSSR count). The molecule has 0 spiro atoms. The van der Waals surface area contributed by atoms with Crippen LogP contribution in [0.5, 0.6) is 0 Å². The average molecular weight is 155 g/mol. The third-order valence-electron chi connectivity index (χ3n) is 0.847. The van der Waals surface area contributed by atoms with Crippen LogP contribution in [-0.4, -0.2) is 12.3 Å². The lowest BCUT2D eigenvalue weighted by atomic mass is 10.2. The van der Waals surface area contributed by atoms with Gasteiger partial charge in [-0.2, -0.15) is 0 Å². The van der Waals surface area contributed by atoms with E-state index in [4.69, 9.17) is 5.73 Å². The maximum atomic E-state index is 10.6. The van der Waals surface area contributed by atoms with Gasteiger partial charge in [0.05, 0.1) is 0 Å². The number of hydrogen-bond donors (Lipinski definition) is 1. The van der Waals surface area contributed by atoms with Crippen molar-refractivity contribution in [3.63, 3.8) is 0 Å². The van der Waals surface area contributed by atoms with Crippen LogP contribution in [-0.2, 0) is 4.79 Å². The first-order valence-corrected chi connectivity index (χ1v) is 2.90. The molecule has 0 aliphatic heterocycles. The van der Waals surface area contributed by atoms with Crippen molar-refractivity contribution in [1.82, 2.24) is 0 Å². The van der Waals surface area contributed by atoms with Gasteiger partial charge < -0.3 is 5.73 Å². The molecule has 0 saturated heterocycles. The Balaban J connectivity index is -0.000000196. The largest absolute Gasteiger partial charge is 0.330 e. The van der Waals surface area contributed by atoms with Crippen molar-refractivity contribution in [3.8, 4) is 12.8 Å². The first-order chi connectivity index (χ1) is 4.68. The highest BCUT2D eigenvalue weighted by atomic mass is 16.1. The number of hydrogen-bond acceptors (Lipinski definition) is 2. The van der Waals surface area contributed by atoms with E-state index in [9.17, 15) is 4.79 Å². The summed E-state index contributed by atoms with van der Waals surface area (Å²) in [6.45, 7) is 5.58. The Labute approximate surface area is 69.5 Å². The molecule has 0 amide bonds. The van der Waals surface area contributed by atoms with Gasteiger partial charge >= 0.3 is 0 Å². The van der Waals surface area contributed by atoms with Gasteiger partial charge in [-0.05, 0) is 19.0 Å².